The first-order valence-corrected chi connectivity index (χ1v) is 11.3. The van der Waals surface area contributed by atoms with E-state index < -0.39 is 27.9 Å². The molecule has 0 amide bonds. The van der Waals surface area contributed by atoms with E-state index in [9.17, 15) is 22.7 Å². The fraction of sp³-hybridized carbons (Fsp3) is 0.167. The number of aliphatic carboxylic acids is 1. The minimum absolute atomic E-state index is 0.0185. The van der Waals surface area contributed by atoms with Crippen molar-refractivity contribution in [1.29, 1.82) is 5.26 Å². The van der Waals surface area contributed by atoms with Crippen molar-refractivity contribution in [2.24, 2.45) is 0 Å². The maximum atomic E-state index is 13.8. The number of hydrogen-bond donors (Lipinski definition) is 1. The molecule has 0 saturated carbocycles. The van der Waals surface area contributed by atoms with Gasteiger partial charge in [-0.2, -0.15) is 9.57 Å². The molecule has 0 fully saturated rings. The summed E-state index contributed by atoms with van der Waals surface area (Å²) in [6.45, 7) is 1.57. The van der Waals surface area contributed by atoms with E-state index in [1.165, 1.54) is 37.4 Å². The number of aryl methyl sites for hydroxylation is 1. The largest absolute Gasteiger partial charge is 0.478 e. The van der Waals surface area contributed by atoms with Crippen molar-refractivity contribution in [3.8, 4) is 11.8 Å². The molecule has 3 rings (SSSR count). The van der Waals surface area contributed by atoms with Crippen LogP contribution in [0.25, 0.3) is 0 Å². The van der Waals surface area contributed by atoms with Crippen molar-refractivity contribution in [2.75, 3.05) is 7.05 Å². The van der Waals surface area contributed by atoms with Gasteiger partial charge in [-0.25, -0.2) is 17.6 Å². The molecule has 0 bridgehead atoms. The number of hydrogen-bond acceptors (Lipinski definition) is 5. The van der Waals surface area contributed by atoms with E-state index >= 15 is 0 Å². The van der Waals surface area contributed by atoms with Crippen LogP contribution in [0.2, 0.25) is 0 Å². The quantitative estimate of drug-likeness (QED) is 0.535. The molecule has 1 unspecified atom stereocenters. The minimum atomic E-state index is -3.90. The molecule has 7 nitrogen and oxygen atoms in total. The van der Waals surface area contributed by atoms with E-state index in [4.69, 9.17) is 10.00 Å². The van der Waals surface area contributed by atoms with Crippen molar-refractivity contribution < 1.29 is 27.4 Å². The highest BCUT2D eigenvalue weighted by Crippen LogP contribution is 2.25. The summed E-state index contributed by atoms with van der Waals surface area (Å²) in [4.78, 5) is 11.6. The average molecular weight is 469 g/mol. The maximum Gasteiger partial charge on any atom is 0.349 e. The number of ether oxygens (including phenoxy) is 1. The Bertz CT molecular complexity index is 1320. The molecular weight excluding hydrogens is 447 g/mol. The van der Waals surface area contributed by atoms with Crippen LogP contribution >= 0.6 is 0 Å². The zero-order valence-electron chi connectivity index (χ0n) is 17.9. The van der Waals surface area contributed by atoms with Crippen molar-refractivity contribution in [2.45, 2.75) is 24.5 Å². The summed E-state index contributed by atoms with van der Waals surface area (Å²) >= 11 is 0. The molecule has 0 saturated heterocycles. The third-order valence-corrected chi connectivity index (χ3v) is 6.78. The van der Waals surface area contributed by atoms with Gasteiger partial charge in [0.25, 0.3) is 0 Å². The lowest BCUT2D eigenvalue weighted by molar-refractivity contribution is -0.145. The monoisotopic (exact) mass is 468 g/mol. The van der Waals surface area contributed by atoms with Crippen LogP contribution in [0, 0.1) is 24.1 Å². The Morgan fingerprint density at radius 3 is 2.45 bits per heavy atom. The Labute approximate surface area is 191 Å². The highest BCUT2D eigenvalue weighted by atomic mass is 32.2. The molecular formula is C24H21FN2O5S. The topological polar surface area (TPSA) is 108 Å². The summed E-state index contributed by atoms with van der Waals surface area (Å²) in [5.41, 5.74) is 1.61. The average Bonchev–Trinajstić information content (AvgIpc) is 2.80. The van der Waals surface area contributed by atoms with E-state index in [-0.39, 0.29) is 17.2 Å². The first kappa shape index (κ1) is 23.9. The lowest BCUT2D eigenvalue weighted by Crippen LogP contribution is -2.26. The summed E-state index contributed by atoms with van der Waals surface area (Å²) in [5.74, 6) is -1.55. The number of carboxylic acid groups (broad SMARTS) is 1. The summed E-state index contributed by atoms with van der Waals surface area (Å²) < 4.78 is 46.0. The van der Waals surface area contributed by atoms with Crippen LogP contribution in [-0.4, -0.2) is 30.8 Å². The van der Waals surface area contributed by atoms with Crippen LogP contribution in [0.1, 0.15) is 28.4 Å². The molecule has 170 valence electrons. The standard InChI is InChI=1S/C24H21FN2O5S/c1-16-6-11-21(13-22(16)25)33(30,31)27(2)15-17-7-9-20(10-8-17)32-23(24(28)29)19-5-3-4-18(12-19)14-26/h3-13,23H,15H2,1-2H3,(H,28,29). The Morgan fingerprint density at radius 2 is 1.85 bits per heavy atom. The molecule has 0 aliphatic carbocycles. The van der Waals surface area contributed by atoms with Gasteiger partial charge in [-0.1, -0.05) is 30.3 Å². The van der Waals surface area contributed by atoms with Gasteiger partial charge in [-0.3, -0.25) is 0 Å². The molecule has 0 radical (unpaired) electrons. The van der Waals surface area contributed by atoms with Gasteiger partial charge >= 0.3 is 5.97 Å². The van der Waals surface area contributed by atoms with Crippen LogP contribution < -0.4 is 4.74 Å². The molecule has 3 aromatic carbocycles. The van der Waals surface area contributed by atoms with Crippen LogP contribution in [0.15, 0.2) is 71.6 Å². The second kappa shape index (κ2) is 9.81. The Hall–Kier alpha value is -3.74. The van der Waals surface area contributed by atoms with Gasteiger partial charge < -0.3 is 9.84 Å². The predicted molar refractivity (Wildman–Crippen MR) is 118 cm³/mol. The predicted octanol–water partition coefficient (Wildman–Crippen LogP) is 4.03. The second-order valence-electron chi connectivity index (χ2n) is 7.39. The maximum absolute atomic E-state index is 13.8. The Kier molecular flexibility index (Phi) is 7.11. The number of halogens is 1. The normalized spacial score (nSPS) is 12.2. The summed E-state index contributed by atoms with van der Waals surface area (Å²) in [6.07, 6.45) is -1.32. The Morgan fingerprint density at radius 1 is 1.15 bits per heavy atom. The summed E-state index contributed by atoms with van der Waals surface area (Å²) in [7, 11) is -2.51. The fourth-order valence-corrected chi connectivity index (χ4v) is 4.27. The van der Waals surface area contributed by atoms with E-state index in [1.807, 2.05) is 6.07 Å². The van der Waals surface area contributed by atoms with E-state index in [0.717, 1.165) is 10.4 Å². The van der Waals surface area contributed by atoms with Gasteiger partial charge in [0, 0.05) is 19.2 Å². The molecule has 33 heavy (non-hydrogen) atoms. The van der Waals surface area contributed by atoms with Crippen LogP contribution in [0.4, 0.5) is 4.39 Å². The number of nitrogens with zero attached hydrogens (tertiary/aromatic N) is 2. The van der Waals surface area contributed by atoms with Gasteiger partial charge in [0.1, 0.15) is 11.6 Å². The summed E-state index contributed by atoms with van der Waals surface area (Å²) in [6, 6.07) is 18.1. The van der Waals surface area contributed by atoms with Gasteiger partial charge in [0.05, 0.1) is 16.5 Å². The van der Waals surface area contributed by atoms with Crippen LogP contribution in [0.3, 0.4) is 0 Å². The lowest BCUT2D eigenvalue weighted by Gasteiger charge is -2.19. The Balaban J connectivity index is 1.74. The van der Waals surface area contributed by atoms with E-state index in [2.05, 4.69) is 0 Å². The van der Waals surface area contributed by atoms with E-state index in [1.54, 1.807) is 37.3 Å². The minimum Gasteiger partial charge on any atom is -0.478 e. The molecule has 0 aromatic heterocycles. The number of carbonyl (C=O) groups is 1. The van der Waals surface area contributed by atoms with Crippen LogP contribution in [-0.2, 0) is 21.4 Å². The van der Waals surface area contributed by atoms with Crippen molar-refractivity contribution in [1.82, 2.24) is 4.31 Å². The first-order valence-electron chi connectivity index (χ1n) is 9.83. The molecule has 0 aliphatic heterocycles. The molecule has 0 heterocycles. The number of rotatable bonds is 8. The summed E-state index contributed by atoms with van der Waals surface area (Å²) in [5, 5.41) is 18.6. The molecule has 0 spiro atoms. The molecule has 0 aliphatic rings. The zero-order chi connectivity index (χ0) is 24.2. The molecule has 3 aromatic rings. The first-order chi connectivity index (χ1) is 15.6. The molecule has 9 heteroatoms. The number of nitriles is 1. The van der Waals surface area contributed by atoms with E-state index in [0.29, 0.717) is 22.3 Å². The molecule has 1 atom stereocenters. The van der Waals surface area contributed by atoms with Crippen LogP contribution in [0.5, 0.6) is 5.75 Å². The highest BCUT2D eigenvalue weighted by molar-refractivity contribution is 7.89. The number of sulfonamides is 1. The van der Waals surface area contributed by atoms with Crippen molar-refractivity contribution >= 4 is 16.0 Å². The van der Waals surface area contributed by atoms with Gasteiger partial charge in [-0.15, -0.1) is 0 Å². The van der Waals surface area contributed by atoms with Gasteiger partial charge in [-0.05, 0) is 54.4 Å². The lowest BCUT2D eigenvalue weighted by atomic mass is 10.1. The fourth-order valence-electron chi connectivity index (χ4n) is 3.10. The van der Waals surface area contributed by atoms with Gasteiger partial charge in [0.15, 0.2) is 0 Å². The number of benzene rings is 3. The zero-order valence-corrected chi connectivity index (χ0v) is 18.7. The van der Waals surface area contributed by atoms with Crippen molar-refractivity contribution in [3.63, 3.8) is 0 Å². The smallest absolute Gasteiger partial charge is 0.349 e. The number of carboxylic acids is 1. The third-order valence-electron chi connectivity index (χ3n) is 4.98. The molecule has 1 N–H and O–H groups in total. The second-order valence-corrected chi connectivity index (χ2v) is 9.43. The highest BCUT2D eigenvalue weighted by Gasteiger charge is 2.24. The SMILES string of the molecule is Cc1ccc(S(=O)(=O)N(C)Cc2ccc(OC(C(=O)O)c3cccc(C#N)c3)cc2)cc1F. The van der Waals surface area contributed by atoms with Gasteiger partial charge in [0.2, 0.25) is 16.1 Å². The van der Waals surface area contributed by atoms with Crippen molar-refractivity contribution in [3.05, 3.63) is 94.8 Å². The third kappa shape index (κ3) is 5.55.